The molecule has 0 bridgehead atoms. The van der Waals surface area contributed by atoms with Crippen molar-refractivity contribution in [2.45, 2.75) is 290 Å². The Morgan fingerprint density at radius 2 is 0.527 bits per heavy atom. The predicted octanol–water partition coefficient (Wildman–Crippen LogP) is 21.0. The minimum absolute atomic E-state index is 0.0808. The maximum absolute atomic E-state index is 12.8. The molecule has 0 saturated heterocycles. The molecule has 0 rings (SSSR count). The molecular formula is C68H114O6. The van der Waals surface area contributed by atoms with Crippen molar-refractivity contribution >= 4 is 17.9 Å². The molecule has 0 N–H and O–H groups in total. The van der Waals surface area contributed by atoms with E-state index in [1.807, 2.05) is 0 Å². The number of rotatable bonds is 55. The summed E-state index contributed by atoms with van der Waals surface area (Å²) in [6.07, 6.45) is 84.2. The van der Waals surface area contributed by atoms with Crippen molar-refractivity contribution in [2.75, 3.05) is 13.2 Å². The van der Waals surface area contributed by atoms with Crippen molar-refractivity contribution in [3.05, 3.63) is 109 Å². The predicted molar refractivity (Wildman–Crippen MR) is 320 cm³/mol. The van der Waals surface area contributed by atoms with Gasteiger partial charge in [-0.2, -0.15) is 0 Å². The molecule has 422 valence electrons. The van der Waals surface area contributed by atoms with Gasteiger partial charge in [0.05, 0.1) is 0 Å². The second kappa shape index (κ2) is 61.6. The van der Waals surface area contributed by atoms with Gasteiger partial charge in [-0.1, -0.05) is 271 Å². The summed E-state index contributed by atoms with van der Waals surface area (Å²) in [5.41, 5.74) is 0. The topological polar surface area (TPSA) is 78.9 Å². The largest absolute Gasteiger partial charge is 0.462 e. The smallest absolute Gasteiger partial charge is 0.306 e. The molecule has 0 aliphatic heterocycles. The summed E-state index contributed by atoms with van der Waals surface area (Å²) in [5.74, 6) is -0.897. The lowest BCUT2D eigenvalue weighted by molar-refractivity contribution is -0.167. The molecule has 0 aromatic rings. The van der Waals surface area contributed by atoms with Crippen LogP contribution in [0.2, 0.25) is 0 Å². The molecule has 0 aliphatic carbocycles. The SMILES string of the molecule is CC/C=C\C/C=C\C/C=C\C/C=C\C/C=C\C/C=C\CCCCCCCCCCCCCCCCC(=O)OCC(COC(=O)CCCCCCCC)OC(=O)CCCCCCCCC/C=C\C/C=C\C/C=C\CC. The molecule has 6 nitrogen and oxygen atoms in total. The maximum Gasteiger partial charge on any atom is 0.306 e. The second-order valence-corrected chi connectivity index (χ2v) is 20.2. The molecule has 0 saturated carbocycles. The van der Waals surface area contributed by atoms with E-state index in [4.69, 9.17) is 14.2 Å². The summed E-state index contributed by atoms with van der Waals surface area (Å²) in [4.78, 5) is 37.9. The molecule has 1 atom stereocenters. The first-order chi connectivity index (χ1) is 36.5. The van der Waals surface area contributed by atoms with Crippen molar-refractivity contribution < 1.29 is 28.6 Å². The van der Waals surface area contributed by atoms with Crippen molar-refractivity contribution in [3.8, 4) is 0 Å². The van der Waals surface area contributed by atoms with Crippen LogP contribution in [0.25, 0.3) is 0 Å². The van der Waals surface area contributed by atoms with Crippen LogP contribution in [-0.4, -0.2) is 37.2 Å². The van der Waals surface area contributed by atoms with Gasteiger partial charge in [0.25, 0.3) is 0 Å². The van der Waals surface area contributed by atoms with Gasteiger partial charge in [0.1, 0.15) is 13.2 Å². The van der Waals surface area contributed by atoms with Crippen molar-refractivity contribution in [2.24, 2.45) is 0 Å². The quantitative estimate of drug-likeness (QED) is 0.0261. The number of hydrogen-bond acceptors (Lipinski definition) is 6. The van der Waals surface area contributed by atoms with Crippen LogP contribution in [0.3, 0.4) is 0 Å². The lowest BCUT2D eigenvalue weighted by atomic mass is 10.0. The van der Waals surface area contributed by atoms with Gasteiger partial charge in [0.15, 0.2) is 6.10 Å². The third kappa shape index (κ3) is 59.0. The zero-order chi connectivity index (χ0) is 53.6. The van der Waals surface area contributed by atoms with Crippen LogP contribution in [0.1, 0.15) is 284 Å². The average molecular weight is 1030 g/mol. The Labute approximate surface area is 457 Å². The van der Waals surface area contributed by atoms with Gasteiger partial charge in [-0.25, -0.2) is 0 Å². The molecule has 6 heteroatoms. The molecule has 74 heavy (non-hydrogen) atoms. The molecule has 0 aromatic carbocycles. The zero-order valence-corrected chi connectivity index (χ0v) is 48.3. The molecular weight excluding hydrogens is 913 g/mol. The summed E-state index contributed by atoms with van der Waals surface area (Å²) >= 11 is 0. The van der Waals surface area contributed by atoms with E-state index in [-0.39, 0.29) is 31.1 Å². The van der Waals surface area contributed by atoms with E-state index in [9.17, 15) is 14.4 Å². The minimum Gasteiger partial charge on any atom is -0.462 e. The lowest BCUT2D eigenvalue weighted by Crippen LogP contribution is -2.30. The van der Waals surface area contributed by atoms with Crippen LogP contribution in [-0.2, 0) is 28.6 Å². The van der Waals surface area contributed by atoms with Gasteiger partial charge in [0.2, 0.25) is 0 Å². The van der Waals surface area contributed by atoms with E-state index in [0.29, 0.717) is 19.3 Å². The van der Waals surface area contributed by atoms with Gasteiger partial charge in [0, 0.05) is 19.3 Å². The Bertz CT molecular complexity index is 1510. The molecule has 0 fully saturated rings. The van der Waals surface area contributed by atoms with Crippen molar-refractivity contribution in [1.82, 2.24) is 0 Å². The van der Waals surface area contributed by atoms with Crippen LogP contribution >= 0.6 is 0 Å². The first-order valence-electron chi connectivity index (χ1n) is 30.9. The van der Waals surface area contributed by atoms with Gasteiger partial charge < -0.3 is 14.2 Å². The number of carbonyl (C=O) groups is 3. The van der Waals surface area contributed by atoms with Gasteiger partial charge in [-0.15, -0.1) is 0 Å². The third-order valence-electron chi connectivity index (χ3n) is 13.0. The Hall–Kier alpha value is -3.93. The summed E-state index contributed by atoms with van der Waals surface area (Å²) < 4.78 is 16.8. The van der Waals surface area contributed by atoms with E-state index in [1.54, 1.807) is 0 Å². The highest BCUT2D eigenvalue weighted by atomic mass is 16.6. The van der Waals surface area contributed by atoms with Crippen molar-refractivity contribution in [3.63, 3.8) is 0 Å². The molecule has 1 unspecified atom stereocenters. The highest BCUT2D eigenvalue weighted by Crippen LogP contribution is 2.16. The molecule has 0 aromatic heterocycles. The number of ether oxygens (including phenoxy) is 3. The number of esters is 3. The molecule has 0 radical (unpaired) electrons. The fourth-order valence-corrected chi connectivity index (χ4v) is 8.46. The first-order valence-corrected chi connectivity index (χ1v) is 30.9. The van der Waals surface area contributed by atoms with Crippen LogP contribution in [0.15, 0.2) is 109 Å². The van der Waals surface area contributed by atoms with Gasteiger partial charge >= 0.3 is 17.9 Å². The molecule has 0 spiro atoms. The first kappa shape index (κ1) is 70.1. The Balaban J connectivity index is 4.04. The Morgan fingerprint density at radius 1 is 0.284 bits per heavy atom. The van der Waals surface area contributed by atoms with E-state index in [0.717, 1.165) is 122 Å². The fourth-order valence-electron chi connectivity index (χ4n) is 8.46. The molecule has 0 aliphatic rings. The molecule has 0 heterocycles. The minimum atomic E-state index is -0.780. The fraction of sp³-hybridized carbons (Fsp3) is 0.691. The van der Waals surface area contributed by atoms with Gasteiger partial charge in [-0.3, -0.25) is 14.4 Å². The number of unbranched alkanes of at least 4 members (excludes halogenated alkanes) is 26. The second-order valence-electron chi connectivity index (χ2n) is 20.2. The lowest BCUT2D eigenvalue weighted by Gasteiger charge is -2.18. The summed E-state index contributed by atoms with van der Waals surface area (Å²) in [5, 5.41) is 0. The highest BCUT2D eigenvalue weighted by molar-refractivity contribution is 5.71. The standard InChI is InChI=1S/C68H114O6/c1-4-7-10-13-16-18-20-22-24-26-27-28-29-30-31-32-33-34-35-36-37-38-39-40-41-43-44-46-48-50-52-55-58-61-67(70)73-64-65(63-72-66(69)60-57-54-15-12-9-6-3)74-68(71)62-59-56-53-51-49-47-45-42-25-23-21-19-17-14-11-8-5-2/h7-8,10-11,16-19,22-25,27-28,30-31,33-34,65H,4-6,9,12-15,20-21,26,29,32,35-64H2,1-3H3/b10-7-,11-8-,18-16-,19-17-,24-22-,25-23-,28-27-,31-30-,34-33-. The number of hydrogen-bond donors (Lipinski definition) is 0. The monoisotopic (exact) mass is 1030 g/mol. The summed E-state index contributed by atoms with van der Waals surface area (Å²) in [7, 11) is 0. The third-order valence-corrected chi connectivity index (χ3v) is 13.0. The molecule has 0 amide bonds. The Kier molecular flexibility index (Phi) is 58.3. The normalized spacial score (nSPS) is 12.9. The van der Waals surface area contributed by atoms with Crippen LogP contribution < -0.4 is 0 Å². The summed E-state index contributed by atoms with van der Waals surface area (Å²) in [6.45, 7) is 6.36. The van der Waals surface area contributed by atoms with Crippen LogP contribution in [0.5, 0.6) is 0 Å². The van der Waals surface area contributed by atoms with E-state index < -0.39 is 6.10 Å². The number of allylic oxidation sites excluding steroid dienone is 18. The summed E-state index contributed by atoms with van der Waals surface area (Å²) in [6, 6.07) is 0. The van der Waals surface area contributed by atoms with E-state index in [1.165, 1.54) is 122 Å². The average Bonchev–Trinajstić information content (AvgIpc) is 3.40. The highest BCUT2D eigenvalue weighted by Gasteiger charge is 2.19. The Morgan fingerprint density at radius 3 is 0.824 bits per heavy atom. The van der Waals surface area contributed by atoms with Crippen molar-refractivity contribution in [1.29, 1.82) is 0 Å². The zero-order valence-electron chi connectivity index (χ0n) is 48.3. The van der Waals surface area contributed by atoms with Crippen LogP contribution in [0.4, 0.5) is 0 Å². The maximum atomic E-state index is 12.8. The van der Waals surface area contributed by atoms with Gasteiger partial charge in [-0.05, 0) is 103 Å². The van der Waals surface area contributed by atoms with E-state index >= 15 is 0 Å². The van der Waals surface area contributed by atoms with E-state index in [2.05, 4.69) is 130 Å². The number of carbonyl (C=O) groups excluding carboxylic acids is 3. The van der Waals surface area contributed by atoms with Crippen LogP contribution in [0, 0.1) is 0 Å².